The minimum absolute atomic E-state index is 0. The van der Waals surface area contributed by atoms with Gasteiger partial charge in [-0.1, -0.05) is 17.7 Å². The van der Waals surface area contributed by atoms with Crippen LogP contribution in [0.3, 0.4) is 0 Å². The van der Waals surface area contributed by atoms with Gasteiger partial charge in [0, 0.05) is 30.9 Å². The maximum absolute atomic E-state index is 5.93. The standard InChI is InChI=1S/C18H26ClN5O.HI/c1-14-12-15(2)24(23-14)10-5-8-21-18(20-3)22-9-11-25-17-7-4-6-16(19)13-17;/h4,6-7,12-13H,5,8-11H2,1-3H3,(H2,20,21,22);1H. The Morgan fingerprint density at radius 1 is 1.23 bits per heavy atom. The zero-order chi connectivity index (χ0) is 18.1. The largest absolute Gasteiger partial charge is 0.492 e. The second kappa shape index (κ2) is 12.0. The number of aromatic nitrogens is 2. The Morgan fingerprint density at radius 2 is 2.00 bits per heavy atom. The van der Waals surface area contributed by atoms with Crippen molar-refractivity contribution in [1.29, 1.82) is 0 Å². The first-order chi connectivity index (χ1) is 12.1. The number of ether oxygens (including phenoxy) is 1. The Labute approximate surface area is 177 Å². The van der Waals surface area contributed by atoms with Gasteiger partial charge in [0.1, 0.15) is 12.4 Å². The van der Waals surface area contributed by atoms with Gasteiger partial charge in [0.2, 0.25) is 0 Å². The molecule has 2 rings (SSSR count). The maximum Gasteiger partial charge on any atom is 0.191 e. The molecule has 2 aromatic rings. The minimum Gasteiger partial charge on any atom is -0.492 e. The molecule has 0 aliphatic heterocycles. The second-order valence-corrected chi connectivity index (χ2v) is 6.17. The molecule has 144 valence electrons. The van der Waals surface area contributed by atoms with Crippen molar-refractivity contribution >= 4 is 41.5 Å². The average molecular weight is 492 g/mol. The van der Waals surface area contributed by atoms with Gasteiger partial charge in [-0.15, -0.1) is 24.0 Å². The van der Waals surface area contributed by atoms with Crippen molar-refractivity contribution in [2.24, 2.45) is 4.99 Å². The molecule has 0 aliphatic rings. The Morgan fingerprint density at radius 3 is 2.65 bits per heavy atom. The number of hydrogen-bond donors (Lipinski definition) is 2. The molecular weight excluding hydrogens is 465 g/mol. The summed E-state index contributed by atoms with van der Waals surface area (Å²) in [6, 6.07) is 9.47. The average Bonchev–Trinajstić information content (AvgIpc) is 2.91. The van der Waals surface area contributed by atoms with E-state index in [0.717, 1.165) is 36.9 Å². The minimum atomic E-state index is 0. The topological polar surface area (TPSA) is 63.5 Å². The lowest BCUT2D eigenvalue weighted by molar-refractivity contribution is 0.322. The van der Waals surface area contributed by atoms with Crippen molar-refractivity contribution in [2.75, 3.05) is 26.7 Å². The molecule has 8 heteroatoms. The number of halogens is 2. The van der Waals surface area contributed by atoms with E-state index >= 15 is 0 Å². The number of aryl methyl sites for hydroxylation is 3. The molecular formula is C18H27ClIN5O. The van der Waals surface area contributed by atoms with Crippen LogP contribution in [0.2, 0.25) is 5.02 Å². The molecule has 0 saturated carbocycles. The number of rotatable bonds is 8. The van der Waals surface area contributed by atoms with E-state index in [1.54, 1.807) is 13.1 Å². The van der Waals surface area contributed by atoms with Crippen molar-refractivity contribution in [3.05, 3.63) is 46.7 Å². The molecule has 0 fully saturated rings. The lowest BCUT2D eigenvalue weighted by atomic mass is 10.3. The van der Waals surface area contributed by atoms with Gasteiger partial charge in [-0.3, -0.25) is 9.67 Å². The van der Waals surface area contributed by atoms with E-state index in [-0.39, 0.29) is 24.0 Å². The van der Waals surface area contributed by atoms with Gasteiger partial charge in [-0.05, 0) is 44.5 Å². The molecule has 1 heterocycles. The number of nitrogens with zero attached hydrogens (tertiary/aromatic N) is 3. The number of guanidine groups is 1. The third-order valence-electron chi connectivity index (χ3n) is 3.63. The molecule has 2 N–H and O–H groups in total. The first-order valence-electron chi connectivity index (χ1n) is 8.42. The molecule has 6 nitrogen and oxygen atoms in total. The fourth-order valence-electron chi connectivity index (χ4n) is 2.45. The third-order valence-corrected chi connectivity index (χ3v) is 3.86. The molecule has 1 aromatic carbocycles. The van der Waals surface area contributed by atoms with Gasteiger partial charge in [-0.2, -0.15) is 5.10 Å². The molecule has 0 atom stereocenters. The van der Waals surface area contributed by atoms with Gasteiger partial charge >= 0.3 is 0 Å². The molecule has 0 amide bonds. The Balaban J connectivity index is 0.00000338. The van der Waals surface area contributed by atoms with Crippen LogP contribution in [-0.4, -0.2) is 42.5 Å². The van der Waals surface area contributed by atoms with Crippen molar-refractivity contribution in [1.82, 2.24) is 20.4 Å². The molecule has 0 unspecified atom stereocenters. The summed E-state index contributed by atoms with van der Waals surface area (Å²) in [6.07, 6.45) is 0.974. The Hall–Kier alpha value is -1.48. The van der Waals surface area contributed by atoms with Crippen LogP contribution >= 0.6 is 35.6 Å². The van der Waals surface area contributed by atoms with Crippen LogP contribution in [0, 0.1) is 13.8 Å². The normalized spacial score (nSPS) is 11.0. The number of hydrogen-bond acceptors (Lipinski definition) is 3. The highest BCUT2D eigenvalue weighted by atomic mass is 127. The zero-order valence-corrected chi connectivity index (χ0v) is 18.5. The predicted octanol–water partition coefficient (Wildman–Crippen LogP) is 3.41. The highest BCUT2D eigenvalue weighted by Crippen LogP contribution is 2.16. The zero-order valence-electron chi connectivity index (χ0n) is 15.5. The van der Waals surface area contributed by atoms with E-state index in [0.29, 0.717) is 18.2 Å². The van der Waals surface area contributed by atoms with Crippen LogP contribution in [0.15, 0.2) is 35.3 Å². The third kappa shape index (κ3) is 7.82. The van der Waals surface area contributed by atoms with E-state index in [1.165, 1.54) is 5.69 Å². The second-order valence-electron chi connectivity index (χ2n) is 5.74. The van der Waals surface area contributed by atoms with E-state index in [1.807, 2.05) is 29.8 Å². The Bertz CT molecular complexity index is 705. The van der Waals surface area contributed by atoms with Crippen molar-refractivity contribution in [3.8, 4) is 5.75 Å². The summed E-state index contributed by atoms with van der Waals surface area (Å²) in [4.78, 5) is 4.21. The summed E-state index contributed by atoms with van der Waals surface area (Å²) in [7, 11) is 1.76. The number of nitrogens with one attached hydrogen (secondary N) is 2. The fourth-order valence-corrected chi connectivity index (χ4v) is 2.63. The van der Waals surface area contributed by atoms with E-state index < -0.39 is 0 Å². The Kier molecular flexibility index (Phi) is 10.4. The van der Waals surface area contributed by atoms with Crippen LogP contribution in [0.5, 0.6) is 5.75 Å². The molecule has 0 radical (unpaired) electrons. The fraction of sp³-hybridized carbons (Fsp3) is 0.444. The monoisotopic (exact) mass is 491 g/mol. The first kappa shape index (κ1) is 22.6. The highest BCUT2D eigenvalue weighted by molar-refractivity contribution is 14.0. The summed E-state index contributed by atoms with van der Waals surface area (Å²) in [6.45, 7) is 7.00. The predicted molar refractivity (Wildman–Crippen MR) is 118 cm³/mol. The summed E-state index contributed by atoms with van der Waals surface area (Å²) in [5.41, 5.74) is 2.25. The number of aliphatic imine (C=N–C) groups is 1. The van der Waals surface area contributed by atoms with Gasteiger partial charge in [0.05, 0.1) is 12.2 Å². The number of benzene rings is 1. The van der Waals surface area contributed by atoms with Crippen molar-refractivity contribution in [2.45, 2.75) is 26.8 Å². The van der Waals surface area contributed by atoms with E-state index in [9.17, 15) is 0 Å². The van der Waals surface area contributed by atoms with Crippen LogP contribution in [-0.2, 0) is 6.54 Å². The summed E-state index contributed by atoms with van der Waals surface area (Å²) >= 11 is 5.93. The molecule has 0 saturated heterocycles. The van der Waals surface area contributed by atoms with Crippen molar-refractivity contribution in [3.63, 3.8) is 0 Å². The van der Waals surface area contributed by atoms with Gasteiger partial charge in [0.15, 0.2) is 5.96 Å². The van der Waals surface area contributed by atoms with E-state index in [4.69, 9.17) is 16.3 Å². The van der Waals surface area contributed by atoms with Crippen LogP contribution in [0.1, 0.15) is 17.8 Å². The van der Waals surface area contributed by atoms with Gasteiger partial charge in [0.25, 0.3) is 0 Å². The molecule has 0 bridgehead atoms. The van der Waals surface area contributed by atoms with Crippen LogP contribution in [0.4, 0.5) is 0 Å². The van der Waals surface area contributed by atoms with E-state index in [2.05, 4.69) is 33.7 Å². The molecule has 1 aromatic heterocycles. The van der Waals surface area contributed by atoms with Crippen LogP contribution in [0.25, 0.3) is 0 Å². The molecule has 0 aliphatic carbocycles. The lowest BCUT2D eigenvalue weighted by Crippen LogP contribution is -2.39. The maximum atomic E-state index is 5.93. The van der Waals surface area contributed by atoms with Crippen LogP contribution < -0.4 is 15.4 Å². The van der Waals surface area contributed by atoms with Gasteiger partial charge in [-0.25, -0.2) is 0 Å². The molecule has 26 heavy (non-hydrogen) atoms. The SMILES string of the molecule is CN=C(NCCCn1nc(C)cc1C)NCCOc1cccc(Cl)c1.I. The quantitative estimate of drug-likeness (QED) is 0.257. The summed E-state index contributed by atoms with van der Waals surface area (Å²) < 4.78 is 7.67. The summed E-state index contributed by atoms with van der Waals surface area (Å²) in [5.74, 6) is 1.53. The van der Waals surface area contributed by atoms with Gasteiger partial charge < -0.3 is 15.4 Å². The first-order valence-corrected chi connectivity index (χ1v) is 8.80. The lowest BCUT2D eigenvalue weighted by Gasteiger charge is -2.13. The van der Waals surface area contributed by atoms with Crippen molar-refractivity contribution < 1.29 is 4.74 Å². The summed E-state index contributed by atoms with van der Waals surface area (Å²) in [5, 5.41) is 11.7. The smallest absolute Gasteiger partial charge is 0.191 e. The highest BCUT2D eigenvalue weighted by Gasteiger charge is 2.01. The molecule has 0 spiro atoms.